The fourth-order valence-corrected chi connectivity index (χ4v) is 1.13. The second-order valence-electron chi connectivity index (χ2n) is 2.91. The molecule has 1 aliphatic heterocycles. The van der Waals surface area contributed by atoms with Crippen LogP contribution in [0.15, 0.2) is 0 Å². The maximum absolute atomic E-state index is 11.1. The van der Waals surface area contributed by atoms with Crippen LogP contribution in [-0.2, 0) is 4.79 Å². The summed E-state index contributed by atoms with van der Waals surface area (Å²) in [5.41, 5.74) is 0. The average molecular weight is 172 g/mol. The molecule has 1 amide bonds. The predicted molar refractivity (Wildman–Crippen MR) is 51.1 cm³/mol. The van der Waals surface area contributed by atoms with Crippen LogP contribution in [0.5, 0.6) is 0 Å². The van der Waals surface area contributed by atoms with Crippen molar-refractivity contribution < 1.29 is 4.79 Å². The summed E-state index contributed by atoms with van der Waals surface area (Å²) in [6.45, 7) is 6.52. The molecule has 72 valence electrons. The first-order valence-electron chi connectivity index (χ1n) is 4.62. The summed E-state index contributed by atoms with van der Waals surface area (Å²) in [7, 11) is 3.85. The van der Waals surface area contributed by atoms with Gasteiger partial charge >= 0.3 is 0 Å². The predicted octanol–water partition coefficient (Wildman–Crippen LogP) is 0.806. The molecule has 0 radical (unpaired) electrons. The van der Waals surface area contributed by atoms with Gasteiger partial charge in [-0.1, -0.05) is 13.8 Å². The molecule has 0 unspecified atom stereocenters. The van der Waals surface area contributed by atoms with Gasteiger partial charge in [-0.05, 0) is 13.5 Å². The summed E-state index contributed by atoms with van der Waals surface area (Å²) >= 11 is 0. The molecule has 3 heteroatoms. The Labute approximate surface area is 75.3 Å². The lowest BCUT2D eigenvalue weighted by molar-refractivity contribution is -0.129. The number of carbonyl (C=O) groups is 1. The number of rotatable bonds is 0. The lowest BCUT2D eigenvalue weighted by Gasteiger charge is -2.13. The van der Waals surface area contributed by atoms with Crippen molar-refractivity contribution in [3.8, 4) is 0 Å². The van der Waals surface area contributed by atoms with Gasteiger partial charge < -0.3 is 4.90 Å². The molecule has 0 saturated carbocycles. The average Bonchev–Trinajstić information content (AvgIpc) is 2.19. The Morgan fingerprint density at radius 3 is 2.33 bits per heavy atom. The van der Waals surface area contributed by atoms with Gasteiger partial charge in [0.25, 0.3) is 0 Å². The fraction of sp³-hybridized carbons (Fsp3) is 0.889. The van der Waals surface area contributed by atoms with Crippen LogP contribution in [-0.4, -0.2) is 49.4 Å². The second-order valence-corrected chi connectivity index (χ2v) is 2.91. The van der Waals surface area contributed by atoms with Crippen LogP contribution in [0.2, 0.25) is 0 Å². The SMILES string of the molecule is CC.CN1CCCN(C)C(=O)C1. The van der Waals surface area contributed by atoms with E-state index in [0.29, 0.717) is 6.54 Å². The third-order valence-electron chi connectivity index (χ3n) is 1.86. The summed E-state index contributed by atoms with van der Waals surface area (Å²) in [5, 5.41) is 0. The van der Waals surface area contributed by atoms with E-state index in [2.05, 4.69) is 4.90 Å². The van der Waals surface area contributed by atoms with Crippen LogP contribution in [0.3, 0.4) is 0 Å². The van der Waals surface area contributed by atoms with Crippen LogP contribution in [0.1, 0.15) is 20.3 Å². The van der Waals surface area contributed by atoms with Crippen LogP contribution in [0.25, 0.3) is 0 Å². The van der Waals surface area contributed by atoms with Gasteiger partial charge in [0.1, 0.15) is 0 Å². The number of hydrogen-bond acceptors (Lipinski definition) is 2. The van der Waals surface area contributed by atoms with Gasteiger partial charge in [-0.2, -0.15) is 0 Å². The van der Waals surface area contributed by atoms with Crippen LogP contribution >= 0.6 is 0 Å². The first kappa shape index (κ1) is 11.4. The summed E-state index contributed by atoms with van der Waals surface area (Å²) < 4.78 is 0. The molecule has 0 aromatic heterocycles. The van der Waals surface area contributed by atoms with Crippen molar-refractivity contribution in [2.75, 3.05) is 33.7 Å². The largest absolute Gasteiger partial charge is 0.345 e. The van der Waals surface area contributed by atoms with Gasteiger partial charge in [-0.3, -0.25) is 9.69 Å². The minimum Gasteiger partial charge on any atom is -0.345 e. The number of amides is 1. The maximum atomic E-state index is 11.1. The number of hydrogen-bond donors (Lipinski definition) is 0. The molecule has 0 N–H and O–H groups in total. The highest BCUT2D eigenvalue weighted by Gasteiger charge is 2.14. The van der Waals surface area contributed by atoms with E-state index in [4.69, 9.17) is 0 Å². The monoisotopic (exact) mass is 172 g/mol. The number of nitrogens with zero attached hydrogens (tertiary/aromatic N) is 2. The quantitative estimate of drug-likeness (QED) is 0.540. The van der Waals surface area contributed by atoms with Crippen molar-refractivity contribution in [2.45, 2.75) is 20.3 Å². The normalized spacial score (nSPS) is 19.7. The molecular formula is C9H20N2O. The Hall–Kier alpha value is -0.570. The third kappa shape index (κ3) is 3.72. The molecule has 12 heavy (non-hydrogen) atoms. The Morgan fingerprint density at radius 2 is 1.75 bits per heavy atom. The molecule has 1 rings (SSSR count). The number of carbonyl (C=O) groups excluding carboxylic acids is 1. The van der Waals surface area contributed by atoms with E-state index in [9.17, 15) is 4.79 Å². The van der Waals surface area contributed by atoms with Crippen molar-refractivity contribution in [1.29, 1.82) is 0 Å². The molecule has 1 fully saturated rings. The van der Waals surface area contributed by atoms with Crippen molar-refractivity contribution in [2.24, 2.45) is 0 Å². The minimum atomic E-state index is 0.236. The van der Waals surface area contributed by atoms with Crippen LogP contribution < -0.4 is 0 Å². The smallest absolute Gasteiger partial charge is 0.236 e. The minimum absolute atomic E-state index is 0.236. The van der Waals surface area contributed by atoms with Gasteiger partial charge in [-0.25, -0.2) is 0 Å². The van der Waals surface area contributed by atoms with Crippen molar-refractivity contribution in [1.82, 2.24) is 9.80 Å². The van der Waals surface area contributed by atoms with E-state index >= 15 is 0 Å². The molecule has 0 aromatic carbocycles. The Morgan fingerprint density at radius 1 is 1.17 bits per heavy atom. The summed E-state index contributed by atoms with van der Waals surface area (Å²) in [6.07, 6.45) is 1.10. The van der Waals surface area contributed by atoms with Crippen molar-refractivity contribution in [3.63, 3.8) is 0 Å². The molecule has 0 aromatic rings. The molecule has 0 spiro atoms. The highest BCUT2D eigenvalue weighted by Crippen LogP contribution is 1.98. The highest BCUT2D eigenvalue weighted by atomic mass is 16.2. The van der Waals surface area contributed by atoms with Crippen LogP contribution in [0, 0.1) is 0 Å². The number of likely N-dealkylation sites (N-methyl/N-ethyl adjacent to an activating group) is 2. The molecule has 1 aliphatic rings. The summed E-state index contributed by atoms with van der Waals surface area (Å²) in [4.78, 5) is 15.0. The topological polar surface area (TPSA) is 23.6 Å². The first-order valence-corrected chi connectivity index (χ1v) is 4.62. The van der Waals surface area contributed by atoms with E-state index in [1.807, 2.05) is 27.9 Å². The molecule has 0 atom stereocenters. The summed E-state index contributed by atoms with van der Waals surface area (Å²) in [5.74, 6) is 0.236. The highest BCUT2D eigenvalue weighted by molar-refractivity contribution is 5.78. The zero-order valence-electron chi connectivity index (χ0n) is 8.63. The Bertz CT molecular complexity index is 136. The zero-order valence-corrected chi connectivity index (χ0v) is 8.63. The van der Waals surface area contributed by atoms with E-state index < -0.39 is 0 Å². The van der Waals surface area contributed by atoms with Gasteiger partial charge in [0.05, 0.1) is 6.54 Å². The fourth-order valence-electron chi connectivity index (χ4n) is 1.13. The molecule has 1 heterocycles. The molecule has 1 saturated heterocycles. The van der Waals surface area contributed by atoms with Gasteiger partial charge in [0, 0.05) is 20.1 Å². The zero-order chi connectivity index (χ0) is 9.56. The molecule has 3 nitrogen and oxygen atoms in total. The Balaban J connectivity index is 0.000000561. The molecular weight excluding hydrogens is 152 g/mol. The second kappa shape index (κ2) is 6.00. The third-order valence-corrected chi connectivity index (χ3v) is 1.86. The van der Waals surface area contributed by atoms with Crippen LogP contribution in [0.4, 0.5) is 0 Å². The summed E-state index contributed by atoms with van der Waals surface area (Å²) in [6, 6.07) is 0. The van der Waals surface area contributed by atoms with E-state index in [1.54, 1.807) is 4.90 Å². The van der Waals surface area contributed by atoms with Crippen molar-refractivity contribution in [3.05, 3.63) is 0 Å². The Kier molecular flexibility index (Phi) is 5.72. The van der Waals surface area contributed by atoms with Gasteiger partial charge in [0.15, 0.2) is 0 Å². The van der Waals surface area contributed by atoms with E-state index in [0.717, 1.165) is 19.5 Å². The lowest BCUT2D eigenvalue weighted by atomic mass is 10.4. The van der Waals surface area contributed by atoms with Gasteiger partial charge in [-0.15, -0.1) is 0 Å². The molecule has 0 aliphatic carbocycles. The van der Waals surface area contributed by atoms with Crippen molar-refractivity contribution >= 4 is 5.91 Å². The standard InChI is InChI=1S/C7H14N2O.C2H6/c1-8-4-3-5-9(2)7(10)6-8;1-2/h3-6H2,1-2H3;1-2H3. The molecule has 0 bridgehead atoms. The maximum Gasteiger partial charge on any atom is 0.236 e. The van der Waals surface area contributed by atoms with E-state index in [1.165, 1.54) is 0 Å². The van der Waals surface area contributed by atoms with Gasteiger partial charge in [0.2, 0.25) is 5.91 Å². The van der Waals surface area contributed by atoms with E-state index in [-0.39, 0.29) is 5.91 Å². The lowest BCUT2D eigenvalue weighted by Crippen LogP contribution is -2.32. The first-order chi connectivity index (χ1) is 5.70.